The highest BCUT2D eigenvalue weighted by molar-refractivity contribution is 6.73. The minimum atomic E-state index is -1.94. The topological polar surface area (TPSA) is 66.4 Å². The quantitative estimate of drug-likeness (QED) is 0.174. The Morgan fingerprint density at radius 2 is 1.58 bits per heavy atom. The van der Waals surface area contributed by atoms with Crippen LogP contribution in [0.2, 0.25) is 37.8 Å². The average Bonchev–Trinajstić information content (AvgIpc) is 3.17. The number of ether oxygens (including phenoxy) is 3. The predicted molar refractivity (Wildman–Crippen MR) is 154 cm³/mol. The average molecular weight is 547 g/mol. The van der Waals surface area contributed by atoms with E-state index in [1.165, 1.54) is 5.57 Å². The van der Waals surface area contributed by atoms with Crippen molar-refractivity contribution in [2.24, 2.45) is 17.8 Å². The molecule has 1 aliphatic rings. The maximum absolute atomic E-state index is 9.71. The lowest BCUT2D eigenvalue weighted by Gasteiger charge is -2.45. The van der Waals surface area contributed by atoms with Gasteiger partial charge >= 0.3 is 0 Å². The molecule has 0 radical (unpaired) electrons. The predicted octanol–water partition coefficient (Wildman–Crippen LogP) is 6.61. The van der Waals surface area contributed by atoms with Crippen LogP contribution in [-0.4, -0.2) is 72.3 Å². The van der Waals surface area contributed by atoms with Crippen molar-refractivity contribution in [1.82, 2.24) is 0 Å². The van der Waals surface area contributed by atoms with Gasteiger partial charge in [-0.25, -0.2) is 0 Å². The minimum absolute atomic E-state index is 0.0667. The first-order valence-electron chi connectivity index (χ1n) is 14.1. The summed E-state index contributed by atoms with van der Waals surface area (Å²) in [5.41, 5.74) is 1.17. The summed E-state index contributed by atoms with van der Waals surface area (Å²) in [5.74, 6) is -0.366. The van der Waals surface area contributed by atoms with Crippen molar-refractivity contribution in [2.75, 3.05) is 20.3 Å². The van der Waals surface area contributed by atoms with Gasteiger partial charge < -0.3 is 28.2 Å². The molecule has 0 aromatic heterocycles. The number of hydrogen-bond donors (Lipinski definition) is 1. The van der Waals surface area contributed by atoms with Gasteiger partial charge in [-0.05, 0) is 70.0 Å². The summed E-state index contributed by atoms with van der Waals surface area (Å²) in [6.45, 7) is 26.8. The maximum Gasteiger partial charge on any atom is 0.192 e. The molecule has 0 unspecified atom stereocenters. The second-order valence-electron chi connectivity index (χ2n) is 12.3. The van der Waals surface area contributed by atoms with Crippen LogP contribution < -0.4 is 0 Å². The fourth-order valence-electron chi connectivity index (χ4n) is 5.52. The Hall–Kier alpha value is -0.0662. The molecule has 1 N–H and O–H groups in total. The summed E-state index contributed by atoms with van der Waals surface area (Å²) < 4.78 is 32.4. The second kappa shape index (κ2) is 14.4. The zero-order valence-electron chi connectivity index (χ0n) is 25.6. The molecular formula is C28H58O6Si2. The molecule has 0 aliphatic carbocycles. The smallest absolute Gasteiger partial charge is 0.192 e. The SMILES string of the molecule is CC[Si](CC)(CC)O[C@H]([C@@H](C)[C@H](OC)[C@@H]1COC(C)(C)O1)[C@H](C)[C@@H](O[Si](C)(C)C)/C(C)=C/[C@H](C)CO. The van der Waals surface area contributed by atoms with E-state index in [9.17, 15) is 5.11 Å². The summed E-state index contributed by atoms with van der Waals surface area (Å²) in [7, 11) is -2.05. The molecule has 8 heteroatoms. The molecule has 1 heterocycles. The van der Waals surface area contributed by atoms with Crippen molar-refractivity contribution in [3.05, 3.63) is 11.6 Å². The molecule has 7 atom stereocenters. The first-order valence-corrected chi connectivity index (χ1v) is 20.0. The third kappa shape index (κ3) is 9.60. The number of methoxy groups -OCH3 is 1. The number of rotatable bonds is 16. The van der Waals surface area contributed by atoms with Crippen LogP contribution in [0.15, 0.2) is 11.6 Å². The van der Waals surface area contributed by atoms with Gasteiger partial charge in [0.25, 0.3) is 0 Å². The zero-order chi connectivity index (χ0) is 27.9. The van der Waals surface area contributed by atoms with E-state index in [1.54, 1.807) is 7.11 Å². The first-order chi connectivity index (χ1) is 16.6. The molecule has 0 bridgehead atoms. The Kier molecular flexibility index (Phi) is 13.5. The van der Waals surface area contributed by atoms with Crippen molar-refractivity contribution < 1.29 is 28.2 Å². The monoisotopic (exact) mass is 546 g/mol. The minimum Gasteiger partial charge on any atom is -0.413 e. The Balaban J connectivity index is 3.52. The van der Waals surface area contributed by atoms with Gasteiger partial charge in [-0.2, -0.15) is 0 Å². The largest absolute Gasteiger partial charge is 0.413 e. The van der Waals surface area contributed by atoms with E-state index in [0.29, 0.717) is 6.61 Å². The lowest BCUT2D eigenvalue weighted by Crippen LogP contribution is -2.53. The molecule has 6 nitrogen and oxygen atoms in total. The first kappa shape index (κ1) is 34.0. The molecular weight excluding hydrogens is 488 g/mol. The summed E-state index contributed by atoms with van der Waals surface area (Å²) in [6, 6.07) is 3.25. The van der Waals surface area contributed by atoms with E-state index in [1.807, 2.05) is 20.8 Å². The van der Waals surface area contributed by atoms with Crippen molar-refractivity contribution in [1.29, 1.82) is 0 Å². The number of hydrogen-bond acceptors (Lipinski definition) is 6. The molecule has 214 valence electrons. The van der Waals surface area contributed by atoms with E-state index in [2.05, 4.69) is 67.3 Å². The third-order valence-corrected chi connectivity index (χ3v) is 13.4. The van der Waals surface area contributed by atoms with Crippen LogP contribution in [0.4, 0.5) is 0 Å². The van der Waals surface area contributed by atoms with Crippen LogP contribution in [0.5, 0.6) is 0 Å². The molecule has 0 amide bonds. The van der Waals surface area contributed by atoms with Crippen LogP contribution in [0.25, 0.3) is 0 Å². The van der Waals surface area contributed by atoms with Gasteiger partial charge in [0.15, 0.2) is 22.4 Å². The highest BCUT2D eigenvalue weighted by atomic mass is 28.4. The highest BCUT2D eigenvalue weighted by Gasteiger charge is 2.46. The molecule has 36 heavy (non-hydrogen) atoms. The second-order valence-corrected chi connectivity index (χ2v) is 21.5. The van der Waals surface area contributed by atoms with Crippen LogP contribution in [0.1, 0.15) is 62.3 Å². The highest BCUT2D eigenvalue weighted by Crippen LogP contribution is 2.38. The number of aliphatic hydroxyl groups excluding tert-OH is 1. The van der Waals surface area contributed by atoms with Crippen LogP contribution in [0, 0.1) is 17.8 Å². The molecule has 0 aromatic carbocycles. The molecule has 1 saturated heterocycles. The zero-order valence-corrected chi connectivity index (χ0v) is 27.6. The van der Waals surface area contributed by atoms with E-state index in [0.717, 1.165) is 18.1 Å². The van der Waals surface area contributed by atoms with Gasteiger partial charge in [0.05, 0.1) is 24.9 Å². The normalized spacial score (nSPS) is 24.3. The van der Waals surface area contributed by atoms with Crippen molar-refractivity contribution in [3.8, 4) is 0 Å². The van der Waals surface area contributed by atoms with Crippen molar-refractivity contribution >= 4 is 16.6 Å². The summed E-state index contributed by atoms with van der Waals surface area (Å²) >= 11 is 0. The number of aliphatic hydroxyl groups is 1. The Bertz CT molecular complexity index is 665. The Labute approximate surface area is 224 Å². The Morgan fingerprint density at radius 1 is 1.03 bits per heavy atom. The molecule has 1 fully saturated rings. The van der Waals surface area contributed by atoms with Crippen molar-refractivity contribution in [3.63, 3.8) is 0 Å². The van der Waals surface area contributed by atoms with E-state index in [4.69, 9.17) is 23.1 Å². The summed E-state index contributed by atoms with van der Waals surface area (Å²) in [6.07, 6.45) is 1.69. The van der Waals surface area contributed by atoms with Gasteiger partial charge in [0.1, 0.15) is 6.10 Å². The van der Waals surface area contributed by atoms with Crippen LogP contribution in [0.3, 0.4) is 0 Å². The molecule has 1 rings (SSSR count). The maximum atomic E-state index is 9.71. The van der Waals surface area contributed by atoms with Gasteiger partial charge in [0, 0.05) is 25.6 Å². The molecule has 0 spiro atoms. The van der Waals surface area contributed by atoms with Gasteiger partial charge in [-0.3, -0.25) is 0 Å². The summed E-state index contributed by atoms with van der Waals surface area (Å²) in [4.78, 5) is 0. The fourth-order valence-corrected chi connectivity index (χ4v) is 9.68. The lowest BCUT2D eigenvalue weighted by atomic mass is 9.82. The lowest BCUT2D eigenvalue weighted by molar-refractivity contribution is -0.164. The van der Waals surface area contributed by atoms with Gasteiger partial charge in [0.2, 0.25) is 0 Å². The van der Waals surface area contributed by atoms with E-state index < -0.39 is 22.4 Å². The van der Waals surface area contributed by atoms with Crippen molar-refractivity contribution in [2.45, 2.75) is 130 Å². The third-order valence-electron chi connectivity index (χ3n) is 7.78. The standard InChI is InChI=1S/C28H58O6Si2/c1-14-36(15-2,16-3)34-26(23(7)27(30-10)24-19-31-28(8,9)32-24)22(6)25(33-35(11,12)13)21(5)17-20(4)18-29/h17,20,22-27,29H,14-16,18-19H2,1-13H3/b21-17+/t20-,22+,23+,24-,25-,26-,27-/m0/s1. The fraction of sp³-hybridized carbons (Fsp3) is 0.929. The molecule has 0 saturated carbocycles. The van der Waals surface area contributed by atoms with E-state index >= 15 is 0 Å². The molecule has 0 aromatic rings. The molecule has 1 aliphatic heterocycles. The van der Waals surface area contributed by atoms with Gasteiger partial charge in [-0.15, -0.1) is 0 Å². The van der Waals surface area contributed by atoms with Gasteiger partial charge in [-0.1, -0.05) is 47.6 Å². The van der Waals surface area contributed by atoms with E-state index in [-0.39, 0.29) is 48.8 Å². The summed E-state index contributed by atoms with van der Waals surface area (Å²) in [5, 5.41) is 9.71. The Morgan fingerprint density at radius 3 is 1.97 bits per heavy atom. The van der Waals surface area contributed by atoms with Crippen LogP contribution in [-0.2, 0) is 23.1 Å². The van der Waals surface area contributed by atoms with Crippen LogP contribution >= 0.6 is 0 Å².